The lowest BCUT2D eigenvalue weighted by atomic mass is 9.84. The van der Waals surface area contributed by atoms with Crippen molar-refractivity contribution >= 4 is 29.6 Å². The fourth-order valence-corrected chi connectivity index (χ4v) is 3.01. The van der Waals surface area contributed by atoms with Crippen molar-refractivity contribution < 1.29 is 14.4 Å². The predicted octanol–water partition coefficient (Wildman–Crippen LogP) is 1.14. The summed E-state index contributed by atoms with van der Waals surface area (Å²) in [4.78, 5) is 34.7. The van der Waals surface area contributed by atoms with E-state index in [-0.39, 0.29) is 0 Å². The van der Waals surface area contributed by atoms with Gasteiger partial charge in [-0.2, -0.15) is 11.8 Å². The molecule has 0 aromatic heterocycles. The van der Waals surface area contributed by atoms with Crippen molar-refractivity contribution in [1.82, 2.24) is 10.6 Å². The molecule has 0 unspecified atom stereocenters. The first kappa shape index (κ1) is 14.0. The number of nitrogens with one attached hydrogen (secondary N) is 2. The van der Waals surface area contributed by atoms with Gasteiger partial charge in [0.05, 0.1) is 0 Å². The lowest BCUT2D eigenvalue weighted by Gasteiger charge is -2.32. The van der Waals surface area contributed by atoms with Crippen LogP contribution in [0.2, 0.25) is 0 Å². The van der Waals surface area contributed by atoms with E-state index in [0.717, 1.165) is 5.75 Å². The van der Waals surface area contributed by atoms with Crippen molar-refractivity contribution in [3.05, 3.63) is 0 Å². The number of rotatable bonds is 5. The van der Waals surface area contributed by atoms with E-state index in [2.05, 4.69) is 24.5 Å². The number of hydrogen-bond acceptors (Lipinski definition) is 4. The van der Waals surface area contributed by atoms with Crippen molar-refractivity contribution in [2.24, 2.45) is 11.3 Å². The summed E-state index contributed by atoms with van der Waals surface area (Å²) in [6.45, 7) is 5.94. The van der Waals surface area contributed by atoms with Gasteiger partial charge in [0, 0.05) is 5.75 Å². The molecule has 0 aromatic carbocycles. The molecule has 1 heterocycles. The highest BCUT2D eigenvalue weighted by Gasteiger charge is 2.48. The first-order valence-electron chi connectivity index (χ1n) is 5.67. The number of carbonyl (C=O) groups excluding carboxylic acids is 3. The Hall–Kier alpha value is -1.04. The van der Waals surface area contributed by atoms with Gasteiger partial charge >= 0.3 is 6.03 Å². The van der Waals surface area contributed by atoms with Gasteiger partial charge in [-0.25, -0.2) is 4.79 Å². The molecule has 17 heavy (non-hydrogen) atoms. The molecule has 0 saturated carbocycles. The largest absolute Gasteiger partial charge is 0.328 e. The summed E-state index contributed by atoms with van der Waals surface area (Å²) in [7, 11) is 0. The monoisotopic (exact) mass is 258 g/mol. The maximum Gasteiger partial charge on any atom is 0.328 e. The summed E-state index contributed by atoms with van der Waals surface area (Å²) in [5.74, 6) is 0.836. The van der Waals surface area contributed by atoms with Crippen LogP contribution >= 0.6 is 11.8 Å². The van der Waals surface area contributed by atoms with Gasteiger partial charge < -0.3 is 0 Å². The minimum Gasteiger partial charge on any atom is -0.277 e. The van der Waals surface area contributed by atoms with Crippen LogP contribution in [0.15, 0.2) is 0 Å². The highest BCUT2D eigenvalue weighted by Crippen LogP contribution is 2.30. The highest BCUT2D eigenvalue weighted by atomic mass is 32.2. The molecule has 1 fully saturated rings. The number of thioether (sulfide) groups is 1. The van der Waals surface area contributed by atoms with Gasteiger partial charge in [-0.1, -0.05) is 20.8 Å². The first-order chi connectivity index (χ1) is 7.92. The minimum atomic E-state index is -1.10. The van der Waals surface area contributed by atoms with E-state index in [1.165, 1.54) is 0 Å². The van der Waals surface area contributed by atoms with Gasteiger partial charge in [0.2, 0.25) is 11.8 Å². The summed E-state index contributed by atoms with van der Waals surface area (Å²) in [6.07, 6.45) is 0.392. The molecule has 0 radical (unpaired) electrons. The van der Waals surface area contributed by atoms with Crippen LogP contribution < -0.4 is 10.6 Å². The fraction of sp³-hybridized carbons (Fsp3) is 0.727. The third kappa shape index (κ3) is 3.00. The molecule has 1 rings (SSSR count). The van der Waals surface area contributed by atoms with Crippen LogP contribution in [0.25, 0.3) is 0 Å². The van der Waals surface area contributed by atoms with Crippen molar-refractivity contribution in [1.29, 1.82) is 0 Å². The summed E-state index contributed by atoms with van der Waals surface area (Å²) in [6, 6.07) is -0.724. The smallest absolute Gasteiger partial charge is 0.277 e. The molecule has 1 saturated heterocycles. The Balaban J connectivity index is 2.75. The van der Waals surface area contributed by atoms with E-state index in [9.17, 15) is 14.4 Å². The second-order valence-corrected chi connectivity index (χ2v) is 5.61. The SMILES string of the molecule is CCC1(CSCC(C)C)C(=O)NC(=O)NC1=O. The Labute approximate surface area is 105 Å². The fourth-order valence-electron chi connectivity index (χ4n) is 1.60. The molecule has 0 atom stereocenters. The van der Waals surface area contributed by atoms with Crippen molar-refractivity contribution in [2.75, 3.05) is 11.5 Å². The van der Waals surface area contributed by atoms with Gasteiger partial charge in [0.1, 0.15) is 5.41 Å². The molecule has 1 aliphatic heterocycles. The lowest BCUT2D eigenvalue weighted by Crippen LogP contribution is -2.63. The summed E-state index contributed by atoms with van der Waals surface area (Å²) < 4.78 is 0. The Bertz CT molecular complexity index is 322. The van der Waals surface area contributed by atoms with Crippen LogP contribution in [0.3, 0.4) is 0 Å². The molecular formula is C11H18N2O3S. The molecule has 6 heteroatoms. The third-order valence-corrected chi connectivity index (χ3v) is 4.33. The van der Waals surface area contributed by atoms with E-state index in [4.69, 9.17) is 0 Å². The predicted molar refractivity (Wildman–Crippen MR) is 66.6 cm³/mol. The van der Waals surface area contributed by atoms with Crippen LogP contribution in [0, 0.1) is 11.3 Å². The maximum absolute atomic E-state index is 11.8. The van der Waals surface area contributed by atoms with E-state index in [1.54, 1.807) is 18.7 Å². The molecule has 4 amide bonds. The number of hydrogen-bond donors (Lipinski definition) is 2. The summed E-state index contributed by atoms with van der Waals surface area (Å²) in [5.41, 5.74) is -1.10. The zero-order chi connectivity index (χ0) is 13.1. The van der Waals surface area contributed by atoms with Crippen LogP contribution in [-0.4, -0.2) is 29.4 Å². The molecule has 0 bridgehead atoms. The minimum absolute atomic E-state index is 0.392. The quantitative estimate of drug-likeness (QED) is 0.725. The summed E-state index contributed by atoms with van der Waals surface area (Å²) in [5, 5.41) is 4.33. The second-order valence-electron chi connectivity index (χ2n) is 4.58. The van der Waals surface area contributed by atoms with Crippen LogP contribution in [0.4, 0.5) is 4.79 Å². The first-order valence-corrected chi connectivity index (χ1v) is 6.82. The maximum atomic E-state index is 11.8. The highest BCUT2D eigenvalue weighted by molar-refractivity contribution is 7.99. The normalized spacial score (nSPS) is 19.2. The van der Waals surface area contributed by atoms with Crippen molar-refractivity contribution in [3.63, 3.8) is 0 Å². The van der Waals surface area contributed by atoms with Crippen molar-refractivity contribution in [2.45, 2.75) is 27.2 Å². The van der Waals surface area contributed by atoms with Gasteiger partial charge in [-0.15, -0.1) is 0 Å². The molecule has 5 nitrogen and oxygen atoms in total. The van der Waals surface area contributed by atoms with Gasteiger partial charge in [-0.3, -0.25) is 20.2 Å². The molecular weight excluding hydrogens is 240 g/mol. The van der Waals surface area contributed by atoms with E-state index < -0.39 is 23.3 Å². The van der Waals surface area contributed by atoms with Gasteiger partial charge in [0.15, 0.2) is 0 Å². The van der Waals surface area contributed by atoms with E-state index in [0.29, 0.717) is 18.1 Å². The molecule has 2 N–H and O–H groups in total. The number of urea groups is 1. The average Bonchev–Trinajstić information content (AvgIpc) is 2.22. The zero-order valence-corrected chi connectivity index (χ0v) is 11.1. The Morgan fingerprint density at radius 1 is 1.18 bits per heavy atom. The molecule has 0 aromatic rings. The van der Waals surface area contributed by atoms with Crippen molar-refractivity contribution in [3.8, 4) is 0 Å². The number of barbiturate groups is 1. The number of imide groups is 2. The average molecular weight is 258 g/mol. The molecule has 1 aliphatic rings. The zero-order valence-electron chi connectivity index (χ0n) is 10.3. The molecule has 96 valence electrons. The summed E-state index contributed by atoms with van der Waals surface area (Å²) >= 11 is 1.57. The second kappa shape index (κ2) is 5.53. The Morgan fingerprint density at radius 3 is 2.12 bits per heavy atom. The van der Waals surface area contributed by atoms with Crippen LogP contribution in [0.5, 0.6) is 0 Å². The Morgan fingerprint density at radius 2 is 1.71 bits per heavy atom. The third-order valence-electron chi connectivity index (χ3n) is 2.73. The molecule has 0 spiro atoms. The number of carbonyl (C=O) groups is 3. The van der Waals surface area contributed by atoms with E-state index >= 15 is 0 Å². The van der Waals surface area contributed by atoms with Crippen LogP contribution in [-0.2, 0) is 9.59 Å². The topological polar surface area (TPSA) is 75.3 Å². The standard InChI is InChI=1S/C11H18N2O3S/c1-4-11(6-17-5-7(2)3)8(14)12-10(16)13-9(11)15/h7H,4-6H2,1-3H3,(H2,12,13,14,15,16). The van der Waals surface area contributed by atoms with Crippen LogP contribution in [0.1, 0.15) is 27.2 Å². The lowest BCUT2D eigenvalue weighted by molar-refractivity contribution is -0.142. The van der Waals surface area contributed by atoms with Gasteiger partial charge in [-0.05, 0) is 18.1 Å². The number of amides is 4. The van der Waals surface area contributed by atoms with Gasteiger partial charge in [0.25, 0.3) is 0 Å². The molecule has 0 aliphatic carbocycles. The Kier molecular flexibility index (Phi) is 4.56. The van der Waals surface area contributed by atoms with E-state index in [1.807, 2.05) is 0 Å².